The van der Waals surface area contributed by atoms with E-state index >= 15 is 0 Å². The molecule has 9 heteroatoms. The number of amidine groups is 1. The van der Waals surface area contributed by atoms with E-state index in [-0.39, 0.29) is 29.6 Å². The van der Waals surface area contributed by atoms with Crippen LogP contribution in [0.1, 0.15) is 17.0 Å². The van der Waals surface area contributed by atoms with Crippen LogP contribution in [0.2, 0.25) is 0 Å². The van der Waals surface area contributed by atoms with Crippen LogP contribution in [-0.4, -0.2) is 26.9 Å². The lowest BCUT2D eigenvalue weighted by molar-refractivity contribution is -0.136. The Morgan fingerprint density at radius 1 is 1.36 bits per heavy atom. The molecule has 0 saturated heterocycles. The highest BCUT2D eigenvalue weighted by atomic mass is 16.4. The van der Waals surface area contributed by atoms with E-state index in [1.165, 1.54) is 6.20 Å². The highest BCUT2D eigenvalue weighted by Gasteiger charge is 2.11. The molecule has 0 aliphatic carbocycles. The number of nitrogens with two attached hydrogens (primary N) is 2. The van der Waals surface area contributed by atoms with Gasteiger partial charge in [0.05, 0.1) is 30.7 Å². The number of benzene rings is 1. The summed E-state index contributed by atoms with van der Waals surface area (Å²) in [5.74, 6) is -0.717. The molecule has 0 aliphatic heterocycles. The normalized spacial score (nSPS) is 10.1. The predicted octanol–water partition coefficient (Wildman–Crippen LogP) is 0.842. The summed E-state index contributed by atoms with van der Waals surface area (Å²) in [6.07, 6.45) is 1.47. The number of nitrogens with zero attached hydrogens (tertiary/aromatic N) is 2. The predicted molar refractivity (Wildman–Crippen MR) is 95.1 cm³/mol. The minimum absolute atomic E-state index is 0.0485. The van der Waals surface area contributed by atoms with Crippen molar-refractivity contribution >= 4 is 23.3 Å². The molecule has 0 saturated carbocycles. The number of nitrogen functional groups attached to an aromatic ring is 1. The molecule has 1 heterocycles. The second-order valence-corrected chi connectivity index (χ2v) is 5.25. The van der Waals surface area contributed by atoms with Gasteiger partial charge in [-0.25, -0.2) is 9.97 Å². The fraction of sp³-hybridized carbons (Fsp3) is 0.125. The lowest BCUT2D eigenvalue weighted by Crippen LogP contribution is -2.20. The molecule has 0 spiro atoms. The molecule has 2 rings (SSSR count). The monoisotopic (exact) mass is 341 g/mol. The third-order valence-corrected chi connectivity index (χ3v) is 3.11. The fourth-order valence-electron chi connectivity index (χ4n) is 2.10. The number of hydrogen-bond acceptors (Lipinski definition) is 7. The smallest absolute Gasteiger partial charge is 0.307 e. The van der Waals surface area contributed by atoms with Crippen molar-refractivity contribution in [1.29, 1.82) is 5.41 Å². The highest BCUT2D eigenvalue weighted by molar-refractivity contribution is 5.97. The van der Waals surface area contributed by atoms with E-state index in [1.807, 2.05) is 6.07 Å². The van der Waals surface area contributed by atoms with E-state index in [9.17, 15) is 4.79 Å². The lowest BCUT2D eigenvalue weighted by atomic mass is 10.1. The molecule has 130 valence electrons. The molecule has 0 amide bonds. The number of carbonyl (C=O) groups is 1. The zero-order valence-corrected chi connectivity index (χ0v) is 13.4. The van der Waals surface area contributed by atoms with Crippen LogP contribution in [0.4, 0.5) is 11.5 Å². The van der Waals surface area contributed by atoms with E-state index < -0.39 is 5.97 Å². The van der Waals surface area contributed by atoms with Gasteiger partial charge in [-0.3, -0.25) is 10.2 Å². The van der Waals surface area contributed by atoms with Crippen molar-refractivity contribution in [2.45, 2.75) is 13.0 Å². The second kappa shape index (κ2) is 7.77. The summed E-state index contributed by atoms with van der Waals surface area (Å²) in [6.45, 7) is 3.84. The standard InChI is InChI=1S/C16H19N7O2/c1-9(17)22-16-14(15(18)19)23-12(8-21-16)7-20-11-4-2-3-10(5-11)6-13(24)25/h2-5,8,20H,1,6-7,17H2,(H3,18,19)(H,21,22)(H,24,25). The van der Waals surface area contributed by atoms with Crippen LogP contribution in [0.25, 0.3) is 0 Å². The van der Waals surface area contributed by atoms with Gasteiger partial charge in [0, 0.05) is 5.69 Å². The summed E-state index contributed by atoms with van der Waals surface area (Å²) in [7, 11) is 0. The minimum atomic E-state index is -0.890. The third-order valence-electron chi connectivity index (χ3n) is 3.11. The van der Waals surface area contributed by atoms with Crippen molar-refractivity contribution in [2.75, 3.05) is 10.6 Å². The molecule has 0 radical (unpaired) electrons. The van der Waals surface area contributed by atoms with Crippen molar-refractivity contribution in [3.05, 3.63) is 59.8 Å². The first-order chi connectivity index (χ1) is 11.8. The highest BCUT2D eigenvalue weighted by Crippen LogP contribution is 2.14. The van der Waals surface area contributed by atoms with Gasteiger partial charge in [0.15, 0.2) is 5.82 Å². The number of rotatable bonds is 8. The lowest BCUT2D eigenvalue weighted by Gasteiger charge is -2.11. The van der Waals surface area contributed by atoms with Gasteiger partial charge in [0.25, 0.3) is 0 Å². The van der Waals surface area contributed by atoms with E-state index in [0.29, 0.717) is 17.8 Å². The number of carboxylic acids is 1. The summed E-state index contributed by atoms with van der Waals surface area (Å²) < 4.78 is 0. The summed E-state index contributed by atoms with van der Waals surface area (Å²) in [5, 5.41) is 22.3. The fourth-order valence-corrected chi connectivity index (χ4v) is 2.10. The van der Waals surface area contributed by atoms with Crippen molar-refractivity contribution in [2.24, 2.45) is 11.5 Å². The third kappa shape index (κ3) is 5.20. The van der Waals surface area contributed by atoms with Gasteiger partial charge in [0.1, 0.15) is 11.5 Å². The Balaban J connectivity index is 2.13. The molecule has 0 aliphatic rings. The Bertz CT molecular complexity index is 820. The number of aliphatic carboxylic acids is 1. The number of anilines is 2. The number of hydrogen-bond donors (Lipinski definition) is 6. The summed E-state index contributed by atoms with van der Waals surface area (Å²) in [4.78, 5) is 19.2. The molecule has 1 aromatic heterocycles. The summed E-state index contributed by atoms with van der Waals surface area (Å²) in [5.41, 5.74) is 13.2. The van der Waals surface area contributed by atoms with Gasteiger partial charge >= 0.3 is 5.97 Å². The van der Waals surface area contributed by atoms with E-state index in [4.69, 9.17) is 22.0 Å². The van der Waals surface area contributed by atoms with Gasteiger partial charge in [0.2, 0.25) is 0 Å². The van der Waals surface area contributed by atoms with Crippen molar-refractivity contribution < 1.29 is 9.90 Å². The number of carboxylic acid groups (broad SMARTS) is 1. The Kier molecular flexibility index (Phi) is 5.51. The Labute approximate surface area is 144 Å². The van der Waals surface area contributed by atoms with Crippen LogP contribution in [0, 0.1) is 5.41 Å². The van der Waals surface area contributed by atoms with Gasteiger partial charge < -0.3 is 27.2 Å². The Hall–Kier alpha value is -3.62. The van der Waals surface area contributed by atoms with Crippen LogP contribution in [0.15, 0.2) is 42.9 Å². The van der Waals surface area contributed by atoms with Crippen molar-refractivity contribution in [1.82, 2.24) is 9.97 Å². The Morgan fingerprint density at radius 2 is 2.12 bits per heavy atom. The minimum Gasteiger partial charge on any atom is -0.481 e. The molecular formula is C16H19N7O2. The molecule has 0 unspecified atom stereocenters. The maximum atomic E-state index is 10.8. The first-order valence-electron chi connectivity index (χ1n) is 7.31. The summed E-state index contributed by atoms with van der Waals surface area (Å²) >= 11 is 0. The Morgan fingerprint density at radius 3 is 2.76 bits per heavy atom. The topological polar surface area (TPSA) is 163 Å². The van der Waals surface area contributed by atoms with Gasteiger partial charge in [-0.1, -0.05) is 18.7 Å². The van der Waals surface area contributed by atoms with Crippen molar-refractivity contribution in [3.8, 4) is 0 Å². The zero-order chi connectivity index (χ0) is 18.4. The average molecular weight is 341 g/mol. The van der Waals surface area contributed by atoms with E-state index in [1.54, 1.807) is 18.2 Å². The first-order valence-corrected chi connectivity index (χ1v) is 7.31. The molecule has 1 aromatic carbocycles. The van der Waals surface area contributed by atoms with Crippen LogP contribution in [-0.2, 0) is 17.8 Å². The number of aromatic nitrogens is 2. The quantitative estimate of drug-likeness (QED) is 0.304. The number of nitrogens with one attached hydrogen (secondary N) is 3. The molecule has 2 aromatic rings. The molecule has 25 heavy (non-hydrogen) atoms. The maximum Gasteiger partial charge on any atom is 0.307 e. The van der Waals surface area contributed by atoms with Crippen molar-refractivity contribution in [3.63, 3.8) is 0 Å². The zero-order valence-electron chi connectivity index (χ0n) is 13.4. The van der Waals surface area contributed by atoms with Crippen LogP contribution in [0.3, 0.4) is 0 Å². The van der Waals surface area contributed by atoms with Gasteiger partial charge in [-0.05, 0) is 17.7 Å². The largest absolute Gasteiger partial charge is 0.481 e. The second-order valence-electron chi connectivity index (χ2n) is 5.25. The van der Waals surface area contributed by atoms with Crippen LogP contribution >= 0.6 is 0 Å². The van der Waals surface area contributed by atoms with Gasteiger partial charge in [-0.15, -0.1) is 0 Å². The van der Waals surface area contributed by atoms with Crippen LogP contribution < -0.4 is 22.1 Å². The van der Waals surface area contributed by atoms with Gasteiger partial charge in [-0.2, -0.15) is 0 Å². The molecule has 9 nitrogen and oxygen atoms in total. The molecule has 0 atom stereocenters. The first kappa shape index (κ1) is 17.7. The maximum absolute atomic E-state index is 10.8. The van der Waals surface area contributed by atoms with E-state index in [2.05, 4.69) is 27.2 Å². The molecule has 8 N–H and O–H groups in total. The SMILES string of the molecule is C=C(N)Nc1ncc(CNc2cccc(CC(=O)O)c2)nc1C(=N)N. The summed E-state index contributed by atoms with van der Waals surface area (Å²) in [6, 6.07) is 7.08. The molecule has 0 bridgehead atoms. The van der Waals surface area contributed by atoms with E-state index in [0.717, 1.165) is 5.69 Å². The molecular weight excluding hydrogens is 322 g/mol. The molecule has 0 fully saturated rings. The average Bonchev–Trinajstić information content (AvgIpc) is 2.53. The van der Waals surface area contributed by atoms with Crippen LogP contribution in [0.5, 0.6) is 0 Å².